The summed E-state index contributed by atoms with van der Waals surface area (Å²) in [5.74, 6) is -0.0840. The van der Waals surface area contributed by atoms with Crippen molar-refractivity contribution in [1.29, 1.82) is 0 Å². The lowest BCUT2D eigenvalue weighted by Crippen LogP contribution is -2.43. The molecule has 98 valence electrons. The third-order valence-electron chi connectivity index (χ3n) is 3.45. The fourth-order valence-corrected chi connectivity index (χ4v) is 2.32. The predicted octanol–water partition coefficient (Wildman–Crippen LogP) is 1.64. The molecule has 0 radical (unpaired) electrons. The van der Waals surface area contributed by atoms with Gasteiger partial charge in [0.05, 0.1) is 12.2 Å². The molecule has 17 heavy (non-hydrogen) atoms. The van der Waals surface area contributed by atoms with Crippen LogP contribution >= 0.6 is 0 Å². The van der Waals surface area contributed by atoms with Crippen molar-refractivity contribution in [2.75, 3.05) is 6.61 Å². The summed E-state index contributed by atoms with van der Waals surface area (Å²) in [5.41, 5.74) is 0. The van der Waals surface area contributed by atoms with Crippen LogP contribution in [0.1, 0.15) is 32.6 Å². The van der Waals surface area contributed by atoms with Crippen molar-refractivity contribution in [3.63, 3.8) is 0 Å². The molecular formula is C14H24O3. The highest BCUT2D eigenvalue weighted by molar-refractivity contribution is 5.07. The number of aliphatic hydroxyl groups is 3. The molecule has 3 heteroatoms. The van der Waals surface area contributed by atoms with E-state index >= 15 is 0 Å². The number of rotatable bonds is 5. The van der Waals surface area contributed by atoms with E-state index < -0.39 is 12.2 Å². The van der Waals surface area contributed by atoms with E-state index in [2.05, 4.69) is 13.0 Å². The fraction of sp³-hybridized carbons (Fsp3) is 0.714. The largest absolute Gasteiger partial charge is 0.396 e. The van der Waals surface area contributed by atoms with Crippen molar-refractivity contribution in [2.24, 2.45) is 11.8 Å². The van der Waals surface area contributed by atoms with Crippen molar-refractivity contribution in [2.45, 2.75) is 44.8 Å². The van der Waals surface area contributed by atoms with Crippen molar-refractivity contribution < 1.29 is 15.3 Å². The number of allylic oxidation sites excluding steroid dienone is 4. The topological polar surface area (TPSA) is 60.7 Å². The summed E-state index contributed by atoms with van der Waals surface area (Å²) in [5, 5.41) is 28.6. The average molecular weight is 240 g/mol. The van der Waals surface area contributed by atoms with Crippen LogP contribution in [-0.2, 0) is 0 Å². The van der Waals surface area contributed by atoms with Crippen LogP contribution < -0.4 is 0 Å². The number of unbranched alkanes of at least 4 members (excludes halogenated alkanes) is 1. The lowest BCUT2D eigenvalue weighted by Gasteiger charge is -2.36. The molecule has 0 spiro atoms. The molecule has 0 unspecified atom stereocenters. The van der Waals surface area contributed by atoms with Gasteiger partial charge in [-0.3, -0.25) is 0 Å². The van der Waals surface area contributed by atoms with Crippen LogP contribution in [0.25, 0.3) is 0 Å². The van der Waals surface area contributed by atoms with E-state index in [9.17, 15) is 15.3 Å². The highest BCUT2D eigenvalue weighted by Crippen LogP contribution is 2.31. The highest BCUT2D eigenvalue weighted by Gasteiger charge is 2.35. The molecule has 0 aromatic carbocycles. The van der Waals surface area contributed by atoms with Crippen LogP contribution in [0.5, 0.6) is 0 Å². The molecule has 4 atom stereocenters. The maximum absolute atomic E-state index is 9.79. The quantitative estimate of drug-likeness (QED) is 0.640. The Balaban J connectivity index is 2.51. The van der Waals surface area contributed by atoms with E-state index in [1.807, 2.05) is 18.2 Å². The summed E-state index contributed by atoms with van der Waals surface area (Å²) in [6.07, 6.45) is 10.3. The molecule has 1 aliphatic carbocycles. The SMILES string of the molecule is CCC/C=C/C=C/[C@H]1CC[C@H](O)[C@H](O)[C@@H]1CO. The third kappa shape index (κ3) is 4.26. The van der Waals surface area contributed by atoms with Crippen LogP contribution in [0.4, 0.5) is 0 Å². The summed E-state index contributed by atoms with van der Waals surface area (Å²) < 4.78 is 0. The van der Waals surface area contributed by atoms with Crippen LogP contribution in [0.2, 0.25) is 0 Å². The van der Waals surface area contributed by atoms with E-state index in [1.165, 1.54) is 0 Å². The highest BCUT2D eigenvalue weighted by atomic mass is 16.3. The van der Waals surface area contributed by atoms with Gasteiger partial charge >= 0.3 is 0 Å². The second-order valence-electron chi connectivity index (χ2n) is 4.75. The molecule has 0 saturated heterocycles. The molecule has 0 heterocycles. The minimum atomic E-state index is -0.803. The van der Waals surface area contributed by atoms with Gasteiger partial charge < -0.3 is 15.3 Å². The Labute approximate surface area is 103 Å². The molecule has 1 saturated carbocycles. The molecule has 0 aromatic rings. The summed E-state index contributed by atoms with van der Waals surface area (Å²) >= 11 is 0. The minimum absolute atomic E-state index is 0.0775. The Morgan fingerprint density at radius 3 is 2.59 bits per heavy atom. The standard InChI is InChI=1S/C14H24O3/c1-2-3-4-5-6-7-11-8-9-13(16)14(17)12(11)10-15/h4-7,11-17H,2-3,8-10H2,1H3/b5-4+,7-6+/t11-,12+,13-,14+/m0/s1. The molecule has 0 aliphatic heterocycles. The van der Waals surface area contributed by atoms with E-state index in [0.717, 1.165) is 19.3 Å². The zero-order valence-electron chi connectivity index (χ0n) is 10.5. The van der Waals surface area contributed by atoms with Crippen LogP contribution in [0.15, 0.2) is 24.3 Å². The minimum Gasteiger partial charge on any atom is -0.396 e. The van der Waals surface area contributed by atoms with Gasteiger partial charge in [0.15, 0.2) is 0 Å². The Morgan fingerprint density at radius 1 is 1.18 bits per heavy atom. The summed E-state index contributed by atoms with van der Waals surface area (Å²) in [7, 11) is 0. The second kappa shape index (κ2) is 7.64. The van der Waals surface area contributed by atoms with Gasteiger partial charge in [-0.25, -0.2) is 0 Å². The molecule has 0 aromatic heterocycles. The molecule has 3 N–H and O–H groups in total. The van der Waals surface area contributed by atoms with Crippen molar-refractivity contribution in [1.82, 2.24) is 0 Å². The molecule has 0 bridgehead atoms. The Morgan fingerprint density at radius 2 is 1.94 bits per heavy atom. The first kappa shape index (κ1) is 14.4. The van der Waals surface area contributed by atoms with Gasteiger partial charge in [0.2, 0.25) is 0 Å². The summed E-state index contributed by atoms with van der Waals surface area (Å²) in [6, 6.07) is 0. The Kier molecular flexibility index (Phi) is 6.48. The van der Waals surface area contributed by atoms with Gasteiger partial charge in [0.1, 0.15) is 0 Å². The lowest BCUT2D eigenvalue weighted by atomic mass is 9.76. The zero-order valence-corrected chi connectivity index (χ0v) is 10.5. The number of hydrogen-bond donors (Lipinski definition) is 3. The summed E-state index contributed by atoms with van der Waals surface area (Å²) in [4.78, 5) is 0. The smallest absolute Gasteiger partial charge is 0.0854 e. The molecule has 1 rings (SSSR count). The first-order valence-corrected chi connectivity index (χ1v) is 6.51. The zero-order chi connectivity index (χ0) is 12.7. The van der Waals surface area contributed by atoms with Gasteiger partial charge in [0, 0.05) is 12.5 Å². The first-order valence-electron chi connectivity index (χ1n) is 6.51. The predicted molar refractivity (Wildman–Crippen MR) is 68.5 cm³/mol. The third-order valence-corrected chi connectivity index (χ3v) is 3.45. The number of aliphatic hydroxyl groups excluding tert-OH is 3. The lowest BCUT2D eigenvalue weighted by molar-refractivity contribution is -0.0733. The average Bonchev–Trinajstić information content (AvgIpc) is 2.33. The molecule has 1 aliphatic rings. The monoisotopic (exact) mass is 240 g/mol. The molecule has 1 fully saturated rings. The summed E-state index contributed by atoms with van der Waals surface area (Å²) in [6.45, 7) is 2.06. The van der Waals surface area contributed by atoms with Crippen LogP contribution in [0, 0.1) is 11.8 Å². The molecule has 0 amide bonds. The number of hydrogen-bond acceptors (Lipinski definition) is 3. The van der Waals surface area contributed by atoms with Gasteiger partial charge in [-0.2, -0.15) is 0 Å². The maximum Gasteiger partial charge on any atom is 0.0854 e. The Hall–Kier alpha value is -0.640. The van der Waals surface area contributed by atoms with E-state index in [0.29, 0.717) is 6.42 Å². The van der Waals surface area contributed by atoms with Gasteiger partial charge in [-0.05, 0) is 25.2 Å². The first-order chi connectivity index (χ1) is 8.20. The van der Waals surface area contributed by atoms with Crippen LogP contribution in [0.3, 0.4) is 0 Å². The van der Waals surface area contributed by atoms with Crippen molar-refractivity contribution >= 4 is 0 Å². The molecule has 3 nitrogen and oxygen atoms in total. The van der Waals surface area contributed by atoms with Crippen LogP contribution in [-0.4, -0.2) is 34.1 Å². The normalized spacial score (nSPS) is 34.8. The Bertz CT molecular complexity index is 260. The maximum atomic E-state index is 9.79. The fourth-order valence-electron chi connectivity index (χ4n) is 2.32. The van der Waals surface area contributed by atoms with E-state index in [4.69, 9.17) is 0 Å². The van der Waals surface area contributed by atoms with Crippen molar-refractivity contribution in [3.05, 3.63) is 24.3 Å². The van der Waals surface area contributed by atoms with E-state index in [-0.39, 0.29) is 18.4 Å². The molecular weight excluding hydrogens is 216 g/mol. The van der Waals surface area contributed by atoms with E-state index in [1.54, 1.807) is 0 Å². The van der Waals surface area contributed by atoms with Gasteiger partial charge in [-0.15, -0.1) is 0 Å². The van der Waals surface area contributed by atoms with Gasteiger partial charge in [-0.1, -0.05) is 37.6 Å². The van der Waals surface area contributed by atoms with Gasteiger partial charge in [0.25, 0.3) is 0 Å². The second-order valence-corrected chi connectivity index (χ2v) is 4.75. The van der Waals surface area contributed by atoms with Crippen molar-refractivity contribution in [3.8, 4) is 0 Å².